The van der Waals surface area contributed by atoms with E-state index in [2.05, 4.69) is 0 Å². The Balaban J connectivity index is 1.95. The number of fused-ring (bicyclic) bond motifs is 1. The van der Waals surface area contributed by atoms with Gasteiger partial charge in [0, 0.05) is 6.42 Å². The van der Waals surface area contributed by atoms with Crippen molar-refractivity contribution in [1.82, 2.24) is 0 Å². The normalized spacial score (nSPS) is 25.8. The Morgan fingerprint density at radius 2 is 1.61 bits per heavy atom. The molecule has 36 heavy (non-hydrogen) atoms. The molecule has 2 unspecified atom stereocenters. The maximum absolute atomic E-state index is 13.3. The van der Waals surface area contributed by atoms with Crippen molar-refractivity contribution in [3.05, 3.63) is 76.1 Å². The Labute approximate surface area is 203 Å². The van der Waals surface area contributed by atoms with Gasteiger partial charge in [-0.2, -0.15) is 0 Å². The van der Waals surface area contributed by atoms with Crippen LogP contribution in [0.5, 0.6) is 5.75 Å². The highest BCUT2D eigenvalue weighted by Crippen LogP contribution is 2.41. The van der Waals surface area contributed by atoms with Gasteiger partial charge in [-0.1, -0.05) is 42.5 Å². The van der Waals surface area contributed by atoms with Crippen molar-refractivity contribution in [2.45, 2.75) is 49.7 Å². The Bertz CT molecular complexity index is 1330. The van der Waals surface area contributed by atoms with Crippen molar-refractivity contribution >= 4 is 22.7 Å². The fraction of sp³-hybridized carbons (Fsp3) is 0.320. The van der Waals surface area contributed by atoms with E-state index in [4.69, 9.17) is 13.9 Å². The summed E-state index contributed by atoms with van der Waals surface area (Å²) in [5.74, 6) is -2.46. The molecule has 0 saturated carbocycles. The number of Topliss-reactive ketones (excluding diaryl/α,β-unsaturated/α-hetero) is 1. The Morgan fingerprint density at radius 1 is 0.972 bits per heavy atom. The van der Waals surface area contributed by atoms with E-state index < -0.39 is 65.7 Å². The van der Waals surface area contributed by atoms with E-state index in [0.29, 0.717) is 0 Å². The monoisotopic (exact) mass is 500 g/mol. The number of carboxylic acid groups (broad SMARTS) is 1. The first-order chi connectivity index (χ1) is 17.0. The first kappa shape index (κ1) is 25.5. The van der Waals surface area contributed by atoms with E-state index in [1.165, 1.54) is 31.2 Å². The minimum atomic E-state index is -2.25. The molecule has 0 spiro atoms. The van der Waals surface area contributed by atoms with Crippen LogP contribution in [0.2, 0.25) is 0 Å². The lowest BCUT2D eigenvalue weighted by Crippen LogP contribution is -2.61. The van der Waals surface area contributed by atoms with Crippen LogP contribution in [0.1, 0.15) is 24.5 Å². The lowest BCUT2D eigenvalue weighted by molar-refractivity contribution is -0.271. The first-order valence-corrected chi connectivity index (χ1v) is 11.0. The number of aliphatic hydroxyl groups is 4. The van der Waals surface area contributed by atoms with Gasteiger partial charge in [0.1, 0.15) is 46.6 Å². The zero-order chi connectivity index (χ0) is 26.2. The topological polar surface area (TPSA) is 184 Å². The molecule has 0 bridgehead atoms. The Kier molecular flexibility index (Phi) is 6.94. The summed E-state index contributed by atoms with van der Waals surface area (Å²) in [4.78, 5) is 37.0. The van der Waals surface area contributed by atoms with Gasteiger partial charge in [-0.3, -0.25) is 4.79 Å². The molecule has 1 fully saturated rings. The van der Waals surface area contributed by atoms with Crippen LogP contribution in [-0.4, -0.2) is 68.0 Å². The smallest absolute Gasteiger partial charge is 0.346 e. The van der Waals surface area contributed by atoms with Gasteiger partial charge >= 0.3 is 11.6 Å². The number of aliphatic carboxylic acids is 1. The van der Waals surface area contributed by atoms with Crippen molar-refractivity contribution in [1.29, 1.82) is 0 Å². The maximum Gasteiger partial charge on any atom is 0.346 e. The van der Waals surface area contributed by atoms with Gasteiger partial charge in [-0.25, -0.2) is 9.59 Å². The third kappa shape index (κ3) is 4.50. The average Bonchev–Trinajstić information content (AvgIpc) is 2.84. The number of carboxylic acids is 1. The standard InChI is InChI=1S/C25H24O11/c1-12(26)11-25(33,13-7-3-2-4-8-13)16-20(14-9-5-6-10-15(14)34-23(16)32)35-24-19(29)17(27)18(28)21(36-24)22(30)31/h2-10,17-19,21,24,27-29,33H,11H2,1H3,(H,30,31)/t17-,18-,19+,21-,24?,25?/m0/s1. The van der Waals surface area contributed by atoms with Crippen LogP contribution >= 0.6 is 0 Å². The molecule has 1 aliphatic heterocycles. The number of para-hydroxylation sites is 1. The van der Waals surface area contributed by atoms with E-state index in [-0.39, 0.29) is 22.3 Å². The largest absolute Gasteiger partial charge is 0.479 e. The second-order valence-corrected chi connectivity index (χ2v) is 8.55. The second kappa shape index (κ2) is 9.80. The molecule has 1 aliphatic rings. The summed E-state index contributed by atoms with van der Waals surface area (Å²) in [7, 11) is 0. The maximum atomic E-state index is 13.3. The highest BCUT2D eigenvalue weighted by atomic mass is 16.7. The van der Waals surface area contributed by atoms with Crippen LogP contribution in [0, 0.1) is 0 Å². The number of benzene rings is 2. The summed E-state index contributed by atoms with van der Waals surface area (Å²) in [5.41, 5.74) is -3.61. The second-order valence-electron chi connectivity index (χ2n) is 8.55. The van der Waals surface area contributed by atoms with Gasteiger partial charge in [0.2, 0.25) is 6.29 Å². The summed E-state index contributed by atoms with van der Waals surface area (Å²) >= 11 is 0. The molecular formula is C25H24O11. The molecule has 1 saturated heterocycles. The van der Waals surface area contributed by atoms with Crippen molar-refractivity contribution < 1.29 is 49.0 Å². The number of hydrogen-bond donors (Lipinski definition) is 5. The van der Waals surface area contributed by atoms with Crippen LogP contribution in [0.25, 0.3) is 11.0 Å². The molecule has 11 nitrogen and oxygen atoms in total. The SMILES string of the molecule is CC(=O)CC(O)(c1ccccc1)c1c(OC2O[C@H](C(=O)O)[C@@H](O)[C@H](O)[C@H]2O)c2ccccc2oc1=O. The van der Waals surface area contributed by atoms with Crippen LogP contribution in [0.4, 0.5) is 0 Å². The molecule has 0 amide bonds. The highest BCUT2D eigenvalue weighted by molar-refractivity contribution is 5.86. The number of aliphatic hydroxyl groups excluding tert-OH is 3. The number of rotatable bonds is 7. The fourth-order valence-corrected chi connectivity index (χ4v) is 4.28. The van der Waals surface area contributed by atoms with Crippen LogP contribution in [-0.2, 0) is 19.9 Å². The molecule has 4 rings (SSSR count). The number of carbonyl (C=O) groups excluding carboxylic acids is 1. The predicted molar refractivity (Wildman–Crippen MR) is 122 cm³/mol. The highest BCUT2D eigenvalue weighted by Gasteiger charge is 2.49. The van der Waals surface area contributed by atoms with Crippen molar-refractivity contribution in [3.63, 3.8) is 0 Å². The summed E-state index contributed by atoms with van der Waals surface area (Å²) in [6, 6.07) is 13.9. The van der Waals surface area contributed by atoms with E-state index in [1.54, 1.807) is 30.3 Å². The zero-order valence-corrected chi connectivity index (χ0v) is 19.0. The molecule has 5 N–H and O–H groups in total. The molecule has 3 aromatic rings. The van der Waals surface area contributed by atoms with Gasteiger partial charge in [0.05, 0.1) is 5.39 Å². The minimum Gasteiger partial charge on any atom is -0.479 e. The van der Waals surface area contributed by atoms with Crippen molar-refractivity contribution in [2.75, 3.05) is 0 Å². The van der Waals surface area contributed by atoms with Crippen molar-refractivity contribution in [3.8, 4) is 5.75 Å². The van der Waals surface area contributed by atoms with Gasteiger partial charge in [0.15, 0.2) is 6.10 Å². The summed E-state index contributed by atoms with van der Waals surface area (Å²) in [6.45, 7) is 1.22. The third-order valence-corrected chi connectivity index (χ3v) is 5.98. The lowest BCUT2D eigenvalue weighted by Gasteiger charge is -2.39. The Hall–Kier alpha value is -3.61. The van der Waals surface area contributed by atoms with E-state index >= 15 is 0 Å². The fourth-order valence-electron chi connectivity index (χ4n) is 4.28. The van der Waals surface area contributed by atoms with Gasteiger partial charge < -0.3 is 39.4 Å². The van der Waals surface area contributed by atoms with Gasteiger partial charge in [-0.05, 0) is 24.6 Å². The molecule has 11 heteroatoms. The summed E-state index contributed by atoms with van der Waals surface area (Å²) in [6.07, 6.45) is -10.3. The molecule has 190 valence electrons. The van der Waals surface area contributed by atoms with E-state index in [9.17, 15) is 39.9 Å². The number of hydrogen-bond acceptors (Lipinski definition) is 10. The molecule has 2 heterocycles. The number of carbonyl (C=O) groups is 2. The number of ether oxygens (including phenoxy) is 2. The van der Waals surface area contributed by atoms with Crippen LogP contribution < -0.4 is 10.4 Å². The summed E-state index contributed by atoms with van der Waals surface area (Å²) in [5, 5.41) is 52.0. The van der Waals surface area contributed by atoms with Gasteiger partial charge in [-0.15, -0.1) is 0 Å². The zero-order valence-electron chi connectivity index (χ0n) is 19.0. The average molecular weight is 500 g/mol. The number of ketones is 1. The summed E-state index contributed by atoms with van der Waals surface area (Å²) < 4.78 is 16.4. The minimum absolute atomic E-state index is 0.0279. The lowest BCUT2D eigenvalue weighted by atomic mass is 9.82. The van der Waals surface area contributed by atoms with Crippen LogP contribution in [0.3, 0.4) is 0 Å². The Morgan fingerprint density at radius 3 is 2.25 bits per heavy atom. The molecular weight excluding hydrogens is 476 g/mol. The van der Waals surface area contributed by atoms with E-state index in [1.807, 2.05) is 0 Å². The molecule has 0 radical (unpaired) electrons. The molecule has 6 atom stereocenters. The first-order valence-electron chi connectivity index (χ1n) is 11.0. The van der Waals surface area contributed by atoms with Crippen molar-refractivity contribution in [2.24, 2.45) is 0 Å². The quantitative estimate of drug-likeness (QED) is 0.281. The predicted octanol–water partition coefficient (Wildman–Crippen LogP) is 0.279. The van der Waals surface area contributed by atoms with Crippen LogP contribution in [0.15, 0.2) is 63.8 Å². The van der Waals surface area contributed by atoms with Gasteiger partial charge in [0.25, 0.3) is 0 Å². The van der Waals surface area contributed by atoms with E-state index in [0.717, 1.165) is 0 Å². The third-order valence-electron chi connectivity index (χ3n) is 5.98. The molecule has 1 aromatic heterocycles. The molecule has 0 aliphatic carbocycles. The molecule has 2 aromatic carbocycles.